The van der Waals surface area contributed by atoms with Crippen molar-refractivity contribution in [2.24, 2.45) is 0 Å². The molecular formula is C57H90O12S. The average Bonchev–Trinajstić information content (AvgIpc) is 3.33. The lowest BCUT2D eigenvalue weighted by Gasteiger charge is -2.40. The van der Waals surface area contributed by atoms with Crippen molar-refractivity contribution >= 4 is 22.1 Å². The Kier molecular flexibility index (Phi) is 41.1. The van der Waals surface area contributed by atoms with E-state index in [1.807, 2.05) is 18.2 Å². The molecule has 0 aromatic carbocycles. The van der Waals surface area contributed by atoms with Gasteiger partial charge in [-0.1, -0.05) is 187 Å². The minimum Gasteiger partial charge on any atom is -0.462 e. The number of allylic oxidation sites excluding steroid dienone is 20. The molecule has 0 spiro atoms. The zero-order valence-electron chi connectivity index (χ0n) is 42.6. The van der Waals surface area contributed by atoms with E-state index < -0.39 is 71.2 Å². The molecule has 0 aliphatic carbocycles. The fourth-order valence-corrected chi connectivity index (χ4v) is 7.80. The first kappa shape index (κ1) is 64.1. The molecule has 12 nitrogen and oxygen atoms in total. The van der Waals surface area contributed by atoms with Crippen LogP contribution >= 0.6 is 0 Å². The molecule has 1 aliphatic heterocycles. The van der Waals surface area contributed by atoms with Crippen molar-refractivity contribution in [2.45, 2.75) is 205 Å². The van der Waals surface area contributed by atoms with E-state index in [0.29, 0.717) is 19.3 Å². The summed E-state index contributed by atoms with van der Waals surface area (Å²) in [7, 11) is -4.62. The molecule has 1 fully saturated rings. The van der Waals surface area contributed by atoms with E-state index >= 15 is 0 Å². The van der Waals surface area contributed by atoms with E-state index in [0.717, 1.165) is 83.5 Å². The zero-order valence-corrected chi connectivity index (χ0v) is 43.4. The van der Waals surface area contributed by atoms with Gasteiger partial charge in [-0.2, -0.15) is 8.42 Å². The summed E-state index contributed by atoms with van der Waals surface area (Å²) in [6.45, 7) is 3.47. The Morgan fingerprint density at radius 3 is 1.33 bits per heavy atom. The predicted molar refractivity (Wildman–Crippen MR) is 283 cm³/mol. The predicted octanol–water partition coefficient (Wildman–Crippen LogP) is 12.1. The number of esters is 2. The highest BCUT2D eigenvalue weighted by molar-refractivity contribution is 7.85. The first-order chi connectivity index (χ1) is 34.0. The van der Waals surface area contributed by atoms with Gasteiger partial charge in [0.1, 0.15) is 36.8 Å². The fraction of sp³-hybridized carbons (Fsp3) is 0.614. The lowest BCUT2D eigenvalue weighted by Crippen LogP contribution is -2.60. The van der Waals surface area contributed by atoms with Crippen LogP contribution in [0.4, 0.5) is 0 Å². The van der Waals surface area contributed by atoms with Crippen molar-refractivity contribution in [3.63, 3.8) is 0 Å². The first-order valence-electron chi connectivity index (χ1n) is 26.1. The molecule has 6 atom stereocenters. The lowest BCUT2D eigenvalue weighted by molar-refractivity contribution is -0.297. The van der Waals surface area contributed by atoms with Gasteiger partial charge in [-0.3, -0.25) is 14.1 Å². The van der Waals surface area contributed by atoms with Gasteiger partial charge in [0.25, 0.3) is 10.1 Å². The Labute approximate surface area is 422 Å². The zero-order chi connectivity index (χ0) is 51.2. The molecule has 1 rings (SSSR count). The van der Waals surface area contributed by atoms with Crippen LogP contribution in [0, 0.1) is 0 Å². The standard InChI is InChI=1S/C57H90O12S/c1-3-5-7-9-11-13-15-17-19-21-23-24-25-26-28-29-31-33-35-37-39-41-43-45-52(58)66-47-50(48-67-57-56(62)55(61)54(60)51(69-57)49-70(63,64)65)68-53(59)46-44-42-40-38-36-34-32-30-27-22-20-18-16-14-12-10-8-6-4-2/h5-8,11-14,17-20,23-24,27,30,34,36,40,42,50-51,54-57,60-62H,3-4,9-10,15-16,21-22,25-26,28-29,31-33,35,37-39,41,43-49H2,1-2H3,(H,63,64,65)/b7-5-,8-6-,13-11-,14-12-,19-17-,20-18-,24-23-,30-27-,36-34-,42-40-. The van der Waals surface area contributed by atoms with Crippen molar-refractivity contribution in [2.75, 3.05) is 19.0 Å². The number of hydrogen-bond donors (Lipinski definition) is 4. The third-order valence-corrected chi connectivity index (χ3v) is 11.8. The summed E-state index contributed by atoms with van der Waals surface area (Å²) in [6.07, 6.45) is 55.3. The number of carbonyl (C=O) groups excluding carboxylic acids is 2. The molecule has 6 unspecified atom stereocenters. The molecule has 4 N–H and O–H groups in total. The van der Waals surface area contributed by atoms with Crippen LogP contribution in [0.3, 0.4) is 0 Å². The van der Waals surface area contributed by atoms with Crippen LogP contribution in [0.25, 0.3) is 0 Å². The normalized spacial score (nSPS) is 20.0. The average molecular weight is 999 g/mol. The van der Waals surface area contributed by atoms with Gasteiger partial charge in [0, 0.05) is 12.8 Å². The summed E-state index contributed by atoms with van der Waals surface area (Å²) < 4.78 is 54.2. The number of aliphatic hydroxyl groups is 3. The number of hydrogen-bond acceptors (Lipinski definition) is 11. The Morgan fingerprint density at radius 1 is 0.486 bits per heavy atom. The first-order valence-corrected chi connectivity index (χ1v) is 27.7. The molecular weight excluding hydrogens is 909 g/mol. The monoisotopic (exact) mass is 999 g/mol. The van der Waals surface area contributed by atoms with E-state index in [1.54, 1.807) is 0 Å². The molecule has 0 aromatic rings. The summed E-state index contributed by atoms with van der Waals surface area (Å²) in [6, 6.07) is 0. The number of aliphatic hydroxyl groups excluding tert-OH is 3. The van der Waals surface area contributed by atoms with E-state index in [-0.39, 0.29) is 19.4 Å². The SMILES string of the molecule is CC/C=C\C/C=C\C/C=C\C/C=C\C/C=C\C/C=C\CCC(=O)OC(COC(=O)CCCCCCCCCCCC/C=C\C/C=C\C/C=C\C/C=C\CC)COC1OC(CS(=O)(=O)O)C(O)C(O)C1O. The topological polar surface area (TPSA) is 186 Å². The summed E-state index contributed by atoms with van der Waals surface area (Å²) in [5.74, 6) is -2.11. The van der Waals surface area contributed by atoms with Crippen LogP contribution in [0.15, 0.2) is 122 Å². The third kappa shape index (κ3) is 38.8. The van der Waals surface area contributed by atoms with Crippen molar-refractivity contribution < 1.29 is 56.8 Å². The maximum atomic E-state index is 12.8. The second-order valence-corrected chi connectivity index (χ2v) is 18.9. The number of carbonyl (C=O) groups is 2. The fourth-order valence-electron chi connectivity index (χ4n) is 7.10. The van der Waals surface area contributed by atoms with E-state index in [1.165, 1.54) is 38.5 Å². The van der Waals surface area contributed by atoms with E-state index in [2.05, 4.69) is 117 Å². The highest BCUT2D eigenvalue weighted by Crippen LogP contribution is 2.24. The molecule has 0 bridgehead atoms. The van der Waals surface area contributed by atoms with Gasteiger partial charge in [0.15, 0.2) is 12.4 Å². The Morgan fingerprint density at radius 2 is 0.886 bits per heavy atom. The van der Waals surface area contributed by atoms with Crippen LogP contribution in [0.1, 0.15) is 168 Å². The summed E-state index contributed by atoms with van der Waals surface area (Å²) in [5.41, 5.74) is 0. The summed E-state index contributed by atoms with van der Waals surface area (Å²) in [5, 5.41) is 31.0. The molecule has 0 amide bonds. The quantitative estimate of drug-likeness (QED) is 0.0197. The highest BCUT2D eigenvalue weighted by Gasteiger charge is 2.46. The molecule has 396 valence electrons. The Hall–Kier alpha value is -3.95. The van der Waals surface area contributed by atoms with Gasteiger partial charge in [-0.15, -0.1) is 0 Å². The molecule has 70 heavy (non-hydrogen) atoms. The minimum absolute atomic E-state index is 0.0309. The molecule has 1 aliphatic rings. The summed E-state index contributed by atoms with van der Waals surface area (Å²) in [4.78, 5) is 25.5. The van der Waals surface area contributed by atoms with Gasteiger partial charge >= 0.3 is 11.9 Å². The van der Waals surface area contributed by atoms with Gasteiger partial charge in [-0.25, -0.2) is 0 Å². The molecule has 0 saturated carbocycles. The van der Waals surface area contributed by atoms with Crippen LogP contribution in [0.5, 0.6) is 0 Å². The minimum atomic E-state index is -4.62. The highest BCUT2D eigenvalue weighted by atomic mass is 32.2. The van der Waals surface area contributed by atoms with E-state index in [9.17, 15) is 37.9 Å². The second kappa shape index (κ2) is 45.0. The van der Waals surface area contributed by atoms with Crippen LogP contribution < -0.4 is 0 Å². The van der Waals surface area contributed by atoms with Gasteiger partial charge in [-0.05, 0) is 89.9 Å². The van der Waals surface area contributed by atoms with Gasteiger partial charge in [0.05, 0.1) is 6.61 Å². The number of ether oxygens (including phenoxy) is 4. The maximum Gasteiger partial charge on any atom is 0.306 e. The Bertz CT molecular complexity index is 1740. The largest absolute Gasteiger partial charge is 0.462 e. The second-order valence-electron chi connectivity index (χ2n) is 17.4. The lowest BCUT2D eigenvalue weighted by atomic mass is 10.00. The number of rotatable bonds is 42. The molecule has 0 aromatic heterocycles. The Balaban J connectivity index is 2.42. The molecule has 13 heteroatoms. The van der Waals surface area contributed by atoms with Crippen LogP contribution in [-0.2, 0) is 38.7 Å². The maximum absolute atomic E-state index is 12.8. The molecule has 1 heterocycles. The van der Waals surface area contributed by atoms with Gasteiger partial charge in [0.2, 0.25) is 0 Å². The van der Waals surface area contributed by atoms with Crippen molar-refractivity contribution in [1.29, 1.82) is 0 Å². The van der Waals surface area contributed by atoms with E-state index in [4.69, 9.17) is 18.9 Å². The molecule has 1 saturated heterocycles. The van der Waals surface area contributed by atoms with Gasteiger partial charge < -0.3 is 34.3 Å². The van der Waals surface area contributed by atoms with Crippen LogP contribution in [0.2, 0.25) is 0 Å². The van der Waals surface area contributed by atoms with Crippen molar-refractivity contribution in [3.8, 4) is 0 Å². The van der Waals surface area contributed by atoms with Crippen molar-refractivity contribution in [3.05, 3.63) is 122 Å². The summed E-state index contributed by atoms with van der Waals surface area (Å²) >= 11 is 0. The third-order valence-electron chi connectivity index (χ3n) is 11.1. The number of unbranched alkanes of at least 4 members (excludes halogenated alkanes) is 10. The van der Waals surface area contributed by atoms with Crippen molar-refractivity contribution in [1.82, 2.24) is 0 Å². The smallest absolute Gasteiger partial charge is 0.306 e. The van der Waals surface area contributed by atoms with Crippen LogP contribution in [-0.4, -0.2) is 96.0 Å². The molecule has 0 radical (unpaired) electrons.